The highest BCUT2D eigenvalue weighted by Gasteiger charge is 2.20. The molecule has 3 aromatic carbocycles. The second kappa shape index (κ2) is 8.67. The molecule has 0 saturated heterocycles. The molecule has 7 heteroatoms. The highest BCUT2D eigenvalue weighted by Crippen LogP contribution is 2.23. The normalized spacial score (nSPS) is 11.2. The fourth-order valence-corrected chi connectivity index (χ4v) is 4.09. The molecule has 3 aromatic rings. The molecule has 0 aromatic heterocycles. The zero-order valence-corrected chi connectivity index (χ0v) is 17.8. The van der Waals surface area contributed by atoms with Gasteiger partial charge in [0.25, 0.3) is 5.91 Å². The summed E-state index contributed by atoms with van der Waals surface area (Å²) in [5.74, 6) is -0.776. The van der Waals surface area contributed by atoms with E-state index in [1.54, 1.807) is 30.3 Å². The van der Waals surface area contributed by atoms with Gasteiger partial charge in [-0.25, -0.2) is 12.8 Å². The van der Waals surface area contributed by atoms with Crippen molar-refractivity contribution in [3.63, 3.8) is 0 Å². The zero-order valence-electron chi connectivity index (χ0n) is 17.0. The van der Waals surface area contributed by atoms with Crippen LogP contribution in [0.3, 0.4) is 0 Å². The molecular weight excluding hydrogens is 403 g/mol. The molecule has 156 valence electrons. The SMILES string of the molecule is Cc1cc(C)cc(NC(=O)c2ccc(N(Cc3ccccc3F)S(C)(=O)=O)cc2)c1. The van der Waals surface area contributed by atoms with Crippen LogP contribution in [-0.2, 0) is 16.6 Å². The minimum absolute atomic E-state index is 0.139. The number of sulfonamides is 1. The minimum atomic E-state index is -3.66. The number of hydrogen-bond donors (Lipinski definition) is 1. The maximum atomic E-state index is 14.0. The van der Waals surface area contributed by atoms with Gasteiger partial charge in [-0.1, -0.05) is 24.3 Å². The molecule has 0 bridgehead atoms. The standard InChI is InChI=1S/C23H23FN2O3S/c1-16-12-17(2)14-20(13-16)25-23(27)18-8-10-21(11-9-18)26(30(3,28)29)15-19-6-4-5-7-22(19)24/h4-14H,15H2,1-3H3,(H,25,27). The lowest BCUT2D eigenvalue weighted by Crippen LogP contribution is -2.29. The van der Waals surface area contributed by atoms with Crippen LogP contribution in [0.4, 0.5) is 15.8 Å². The molecule has 0 aliphatic heterocycles. The summed E-state index contributed by atoms with van der Waals surface area (Å²) >= 11 is 0. The fraction of sp³-hybridized carbons (Fsp3) is 0.174. The predicted molar refractivity (Wildman–Crippen MR) is 118 cm³/mol. The number of amides is 1. The number of anilines is 2. The molecule has 0 fully saturated rings. The molecule has 0 aliphatic rings. The number of carbonyl (C=O) groups excluding carboxylic acids is 1. The van der Waals surface area contributed by atoms with E-state index in [4.69, 9.17) is 0 Å². The van der Waals surface area contributed by atoms with Gasteiger partial charge in [-0.15, -0.1) is 0 Å². The second-order valence-electron chi connectivity index (χ2n) is 7.24. The van der Waals surface area contributed by atoms with Gasteiger partial charge >= 0.3 is 0 Å². The Bertz CT molecular complexity index is 1160. The van der Waals surface area contributed by atoms with Gasteiger partial charge in [-0.3, -0.25) is 9.10 Å². The first-order valence-corrected chi connectivity index (χ1v) is 11.2. The number of nitrogens with one attached hydrogen (secondary N) is 1. The third kappa shape index (κ3) is 5.24. The molecule has 0 spiro atoms. The Labute approximate surface area is 176 Å². The second-order valence-corrected chi connectivity index (χ2v) is 9.15. The van der Waals surface area contributed by atoms with Crippen LogP contribution in [0, 0.1) is 19.7 Å². The van der Waals surface area contributed by atoms with Crippen LogP contribution < -0.4 is 9.62 Å². The summed E-state index contributed by atoms with van der Waals surface area (Å²) < 4.78 is 39.7. The first kappa shape index (κ1) is 21.5. The van der Waals surface area contributed by atoms with Gasteiger partial charge in [0.15, 0.2) is 0 Å². The number of hydrogen-bond acceptors (Lipinski definition) is 3. The highest BCUT2D eigenvalue weighted by molar-refractivity contribution is 7.92. The predicted octanol–water partition coefficient (Wildman–Crippen LogP) is 4.66. The van der Waals surface area contributed by atoms with E-state index < -0.39 is 15.8 Å². The van der Waals surface area contributed by atoms with Crippen LogP contribution in [0.2, 0.25) is 0 Å². The van der Waals surface area contributed by atoms with E-state index in [1.807, 2.05) is 32.0 Å². The lowest BCUT2D eigenvalue weighted by molar-refractivity contribution is 0.102. The fourth-order valence-electron chi connectivity index (χ4n) is 3.21. The van der Waals surface area contributed by atoms with Crippen LogP contribution in [-0.4, -0.2) is 20.6 Å². The molecule has 0 radical (unpaired) electrons. The van der Waals surface area contributed by atoms with Crippen molar-refractivity contribution in [2.45, 2.75) is 20.4 Å². The summed E-state index contributed by atoms with van der Waals surface area (Å²) in [6.07, 6.45) is 1.06. The van der Waals surface area contributed by atoms with Crippen LogP contribution >= 0.6 is 0 Å². The summed E-state index contributed by atoms with van der Waals surface area (Å²) in [6.45, 7) is 3.76. The third-order valence-corrected chi connectivity index (χ3v) is 5.71. The van der Waals surface area contributed by atoms with Gasteiger partial charge in [-0.05, 0) is 67.4 Å². The average molecular weight is 427 g/mol. The maximum Gasteiger partial charge on any atom is 0.255 e. The molecule has 1 amide bonds. The lowest BCUT2D eigenvalue weighted by atomic mass is 10.1. The molecule has 1 N–H and O–H groups in total. The molecule has 30 heavy (non-hydrogen) atoms. The van der Waals surface area contributed by atoms with Crippen molar-refractivity contribution in [1.82, 2.24) is 0 Å². The van der Waals surface area contributed by atoms with Gasteiger partial charge in [-0.2, -0.15) is 0 Å². The van der Waals surface area contributed by atoms with E-state index in [1.165, 1.54) is 18.2 Å². The highest BCUT2D eigenvalue weighted by atomic mass is 32.2. The lowest BCUT2D eigenvalue weighted by Gasteiger charge is -2.23. The molecular formula is C23H23FN2O3S. The Morgan fingerprint density at radius 1 is 0.967 bits per heavy atom. The first-order valence-electron chi connectivity index (χ1n) is 9.34. The van der Waals surface area contributed by atoms with Crippen LogP contribution in [0.15, 0.2) is 66.7 Å². The quantitative estimate of drug-likeness (QED) is 0.623. The molecule has 0 atom stereocenters. The minimum Gasteiger partial charge on any atom is -0.322 e. The Morgan fingerprint density at radius 3 is 2.13 bits per heavy atom. The zero-order chi connectivity index (χ0) is 21.9. The molecule has 5 nitrogen and oxygen atoms in total. The summed E-state index contributed by atoms with van der Waals surface area (Å²) in [7, 11) is -3.66. The van der Waals surface area contributed by atoms with Crippen molar-refractivity contribution in [2.24, 2.45) is 0 Å². The number of halogens is 1. The number of nitrogens with zero attached hydrogens (tertiary/aromatic N) is 1. The Balaban J connectivity index is 1.82. The molecule has 0 saturated carbocycles. The van der Waals surface area contributed by atoms with Gasteiger partial charge in [0.2, 0.25) is 10.0 Å². The number of carbonyl (C=O) groups is 1. The van der Waals surface area contributed by atoms with Crippen LogP contribution in [0.5, 0.6) is 0 Å². The largest absolute Gasteiger partial charge is 0.322 e. The third-order valence-electron chi connectivity index (χ3n) is 4.57. The van der Waals surface area contributed by atoms with Gasteiger partial charge in [0.05, 0.1) is 18.5 Å². The monoisotopic (exact) mass is 426 g/mol. The number of aryl methyl sites for hydroxylation is 2. The average Bonchev–Trinajstić information content (AvgIpc) is 2.66. The number of rotatable bonds is 6. The first-order chi connectivity index (χ1) is 14.1. The van der Waals surface area contributed by atoms with Crippen molar-refractivity contribution in [2.75, 3.05) is 15.9 Å². The molecule has 0 aliphatic carbocycles. The van der Waals surface area contributed by atoms with Crippen molar-refractivity contribution < 1.29 is 17.6 Å². The summed E-state index contributed by atoms with van der Waals surface area (Å²) in [5.41, 5.74) is 3.77. The van der Waals surface area contributed by atoms with Crippen molar-refractivity contribution in [3.05, 3.63) is 94.8 Å². The summed E-state index contributed by atoms with van der Waals surface area (Å²) in [4.78, 5) is 12.6. The molecule has 0 unspecified atom stereocenters. The number of benzene rings is 3. The van der Waals surface area contributed by atoms with Crippen molar-refractivity contribution in [3.8, 4) is 0 Å². The van der Waals surface area contributed by atoms with E-state index in [0.717, 1.165) is 21.7 Å². The van der Waals surface area contributed by atoms with Crippen molar-refractivity contribution >= 4 is 27.3 Å². The van der Waals surface area contributed by atoms with E-state index in [9.17, 15) is 17.6 Å². The van der Waals surface area contributed by atoms with E-state index >= 15 is 0 Å². The summed E-state index contributed by atoms with van der Waals surface area (Å²) in [6, 6.07) is 18.0. The Kier molecular flexibility index (Phi) is 6.22. The topological polar surface area (TPSA) is 66.5 Å². The van der Waals surface area contributed by atoms with Gasteiger partial charge < -0.3 is 5.32 Å². The van der Waals surface area contributed by atoms with Crippen LogP contribution in [0.1, 0.15) is 27.0 Å². The van der Waals surface area contributed by atoms with E-state index in [-0.39, 0.29) is 18.0 Å². The van der Waals surface area contributed by atoms with Gasteiger partial charge in [0.1, 0.15) is 5.82 Å². The summed E-state index contributed by atoms with van der Waals surface area (Å²) in [5, 5.41) is 2.85. The Hall–Kier alpha value is -3.19. The van der Waals surface area contributed by atoms with Crippen LogP contribution in [0.25, 0.3) is 0 Å². The smallest absolute Gasteiger partial charge is 0.255 e. The van der Waals surface area contributed by atoms with E-state index in [0.29, 0.717) is 16.9 Å². The molecule has 3 rings (SSSR count). The van der Waals surface area contributed by atoms with Gasteiger partial charge in [0, 0.05) is 16.8 Å². The van der Waals surface area contributed by atoms with E-state index in [2.05, 4.69) is 5.32 Å². The molecule has 0 heterocycles. The Morgan fingerprint density at radius 2 is 1.57 bits per heavy atom. The van der Waals surface area contributed by atoms with Crippen molar-refractivity contribution in [1.29, 1.82) is 0 Å². The maximum absolute atomic E-state index is 14.0.